The van der Waals surface area contributed by atoms with E-state index in [9.17, 15) is 0 Å². The van der Waals surface area contributed by atoms with Crippen LogP contribution in [0.1, 0.15) is 30.7 Å². The number of hydrogen-bond donors (Lipinski definition) is 1. The summed E-state index contributed by atoms with van der Waals surface area (Å²) in [7, 11) is 0. The number of piperidine rings is 2. The van der Waals surface area contributed by atoms with Crippen LogP contribution in [-0.2, 0) is 0 Å². The monoisotopic (exact) mass is 334 g/mol. The molecule has 3 aliphatic heterocycles. The highest BCUT2D eigenvalue weighted by Gasteiger charge is 2.51. The normalized spacial score (nSPS) is 40.1. The Kier molecular flexibility index (Phi) is 3.40. The summed E-state index contributed by atoms with van der Waals surface area (Å²) >= 11 is 3.80. The van der Waals surface area contributed by atoms with Gasteiger partial charge in [0.05, 0.1) is 0 Å². The largest absolute Gasteiger partial charge is 0.316 e. The first-order valence-electron chi connectivity index (χ1n) is 7.97. The van der Waals surface area contributed by atoms with Crippen molar-refractivity contribution in [1.29, 1.82) is 0 Å². The van der Waals surface area contributed by atoms with E-state index in [4.69, 9.17) is 0 Å². The Labute approximate surface area is 130 Å². The van der Waals surface area contributed by atoms with Crippen LogP contribution in [0, 0.1) is 11.3 Å². The first-order valence-corrected chi connectivity index (χ1v) is 8.76. The first-order chi connectivity index (χ1) is 9.79. The van der Waals surface area contributed by atoms with Crippen LogP contribution in [0.15, 0.2) is 28.7 Å². The van der Waals surface area contributed by atoms with Crippen LogP contribution >= 0.6 is 15.9 Å². The Balaban J connectivity index is 1.74. The van der Waals surface area contributed by atoms with E-state index in [0.717, 1.165) is 12.5 Å². The number of benzene rings is 1. The molecule has 0 aromatic heterocycles. The van der Waals surface area contributed by atoms with E-state index in [0.29, 0.717) is 11.3 Å². The van der Waals surface area contributed by atoms with Crippen LogP contribution < -0.4 is 5.32 Å². The van der Waals surface area contributed by atoms with Crippen LogP contribution in [0.3, 0.4) is 0 Å². The molecule has 2 nitrogen and oxygen atoms in total. The second-order valence-electron chi connectivity index (χ2n) is 6.80. The molecule has 3 saturated heterocycles. The fourth-order valence-electron chi connectivity index (χ4n) is 4.99. The SMILES string of the molecule is Brc1ccccc1C1CNCCC12CCN1CCC2C1. The molecule has 0 saturated carbocycles. The maximum Gasteiger partial charge on any atom is 0.0210 e. The molecule has 2 bridgehead atoms. The van der Waals surface area contributed by atoms with Crippen LogP contribution in [0.25, 0.3) is 0 Å². The Morgan fingerprint density at radius 3 is 3.00 bits per heavy atom. The van der Waals surface area contributed by atoms with Gasteiger partial charge in [-0.2, -0.15) is 0 Å². The number of halogens is 1. The zero-order valence-corrected chi connectivity index (χ0v) is 13.5. The molecule has 3 heteroatoms. The topological polar surface area (TPSA) is 15.3 Å². The van der Waals surface area contributed by atoms with Crippen LogP contribution in [0.2, 0.25) is 0 Å². The maximum absolute atomic E-state index is 3.80. The fourth-order valence-corrected chi connectivity index (χ4v) is 5.55. The molecule has 108 valence electrons. The van der Waals surface area contributed by atoms with Crippen molar-refractivity contribution < 1.29 is 0 Å². The molecular weight excluding hydrogens is 312 g/mol. The molecular formula is C17H23BrN2. The summed E-state index contributed by atoms with van der Waals surface area (Å²) in [5, 5.41) is 3.66. The van der Waals surface area contributed by atoms with E-state index < -0.39 is 0 Å². The third kappa shape index (κ3) is 1.98. The van der Waals surface area contributed by atoms with Crippen molar-refractivity contribution in [3.8, 4) is 0 Å². The molecule has 1 spiro atoms. The quantitative estimate of drug-likeness (QED) is 0.848. The Bertz CT molecular complexity index is 504. The zero-order valence-electron chi connectivity index (χ0n) is 11.9. The lowest BCUT2D eigenvalue weighted by atomic mass is 9.58. The number of hydrogen-bond acceptors (Lipinski definition) is 2. The van der Waals surface area contributed by atoms with Crippen molar-refractivity contribution in [3.05, 3.63) is 34.3 Å². The summed E-state index contributed by atoms with van der Waals surface area (Å²) in [6.45, 7) is 6.36. The summed E-state index contributed by atoms with van der Waals surface area (Å²) in [5.41, 5.74) is 2.07. The molecule has 4 unspecified atom stereocenters. The van der Waals surface area contributed by atoms with Gasteiger partial charge in [0.25, 0.3) is 0 Å². The third-order valence-electron chi connectivity index (χ3n) is 6.07. The van der Waals surface area contributed by atoms with Gasteiger partial charge in [0, 0.05) is 23.5 Å². The molecule has 1 aromatic carbocycles. The van der Waals surface area contributed by atoms with E-state index in [2.05, 4.69) is 50.4 Å². The van der Waals surface area contributed by atoms with Crippen LogP contribution in [0.4, 0.5) is 0 Å². The van der Waals surface area contributed by atoms with Crippen molar-refractivity contribution >= 4 is 15.9 Å². The Hall–Kier alpha value is -0.380. The lowest BCUT2D eigenvalue weighted by molar-refractivity contribution is 0.0327. The smallest absolute Gasteiger partial charge is 0.0210 e. The van der Waals surface area contributed by atoms with E-state index in [1.807, 2.05) is 0 Å². The standard InChI is InChI=1S/C17H23BrN2/c18-16-4-2-1-3-14(16)15-11-19-8-6-17(15)7-10-20-9-5-13(17)12-20/h1-4,13,15,19H,5-12H2. The third-order valence-corrected chi connectivity index (χ3v) is 6.79. The molecule has 4 rings (SSSR count). The lowest BCUT2D eigenvalue weighted by Gasteiger charge is -2.51. The summed E-state index contributed by atoms with van der Waals surface area (Å²) in [4.78, 5) is 2.68. The van der Waals surface area contributed by atoms with Gasteiger partial charge in [0.1, 0.15) is 0 Å². The molecule has 0 aliphatic carbocycles. The van der Waals surface area contributed by atoms with Crippen LogP contribution in [0.5, 0.6) is 0 Å². The summed E-state index contributed by atoms with van der Waals surface area (Å²) in [6.07, 6.45) is 4.17. The fraction of sp³-hybridized carbons (Fsp3) is 0.647. The number of nitrogens with zero attached hydrogens (tertiary/aromatic N) is 1. The van der Waals surface area contributed by atoms with Crippen molar-refractivity contribution in [2.75, 3.05) is 32.7 Å². The van der Waals surface area contributed by atoms with Gasteiger partial charge in [-0.05, 0) is 61.9 Å². The van der Waals surface area contributed by atoms with E-state index in [1.165, 1.54) is 55.5 Å². The second kappa shape index (κ2) is 5.11. The van der Waals surface area contributed by atoms with Gasteiger partial charge in [0.2, 0.25) is 0 Å². The van der Waals surface area contributed by atoms with Gasteiger partial charge in [0.15, 0.2) is 0 Å². The molecule has 1 N–H and O–H groups in total. The van der Waals surface area contributed by atoms with Gasteiger partial charge in [-0.3, -0.25) is 0 Å². The number of fused-ring (bicyclic) bond motifs is 3. The van der Waals surface area contributed by atoms with Gasteiger partial charge in [-0.1, -0.05) is 34.1 Å². The minimum absolute atomic E-state index is 0.544. The van der Waals surface area contributed by atoms with Crippen molar-refractivity contribution in [1.82, 2.24) is 10.2 Å². The van der Waals surface area contributed by atoms with E-state index >= 15 is 0 Å². The zero-order chi connectivity index (χ0) is 13.6. The molecule has 3 aliphatic rings. The molecule has 4 atom stereocenters. The second-order valence-corrected chi connectivity index (χ2v) is 7.65. The average molecular weight is 335 g/mol. The van der Waals surface area contributed by atoms with E-state index in [-0.39, 0.29) is 0 Å². The molecule has 1 aromatic rings. The summed E-state index contributed by atoms with van der Waals surface area (Å²) in [5.74, 6) is 1.59. The summed E-state index contributed by atoms with van der Waals surface area (Å²) in [6, 6.07) is 8.88. The molecule has 3 fully saturated rings. The predicted molar refractivity (Wildman–Crippen MR) is 86.0 cm³/mol. The van der Waals surface area contributed by atoms with Gasteiger partial charge < -0.3 is 10.2 Å². The molecule has 3 heterocycles. The molecule has 0 radical (unpaired) electrons. The maximum atomic E-state index is 3.80. The number of rotatable bonds is 1. The summed E-state index contributed by atoms with van der Waals surface area (Å²) < 4.78 is 1.30. The lowest BCUT2D eigenvalue weighted by Crippen LogP contribution is -2.52. The van der Waals surface area contributed by atoms with Crippen LogP contribution in [-0.4, -0.2) is 37.6 Å². The minimum atomic E-state index is 0.544. The van der Waals surface area contributed by atoms with Crippen molar-refractivity contribution in [2.24, 2.45) is 11.3 Å². The number of nitrogens with one attached hydrogen (secondary N) is 1. The van der Waals surface area contributed by atoms with E-state index in [1.54, 1.807) is 0 Å². The van der Waals surface area contributed by atoms with Gasteiger partial charge in [-0.15, -0.1) is 0 Å². The highest BCUT2D eigenvalue weighted by atomic mass is 79.9. The van der Waals surface area contributed by atoms with Crippen molar-refractivity contribution in [2.45, 2.75) is 25.2 Å². The van der Waals surface area contributed by atoms with Crippen molar-refractivity contribution in [3.63, 3.8) is 0 Å². The molecule has 20 heavy (non-hydrogen) atoms. The Morgan fingerprint density at radius 2 is 2.10 bits per heavy atom. The highest BCUT2D eigenvalue weighted by Crippen LogP contribution is 2.55. The van der Waals surface area contributed by atoms with Gasteiger partial charge in [-0.25, -0.2) is 0 Å². The highest BCUT2D eigenvalue weighted by molar-refractivity contribution is 9.10. The van der Waals surface area contributed by atoms with Gasteiger partial charge >= 0.3 is 0 Å². The minimum Gasteiger partial charge on any atom is -0.316 e. The Morgan fingerprint density at radius 1 is 1.20 bits per heavy atom. The average Bonchev–Trinajstić information content (AvgIpc) is 2.90. The molecule has 0 amide bonds. The predicted octanol–water partition coefficient (Wildman–Crippen LogP) is 3.24. The first kappa shape index (κ1) is 13.3.